The molecule has 4 heterocycles. The summed E-state index contributed by atoms with van der Waals surface area (Å²) in [5.41, 5.74) is 2.59. The molecule has 5 heteroatoms. The summed E-state index contributed by atoms with van der Waals surface area (Å²) in [6.07, 6.45) is 7.19. The smallest absolute Gasteiger partial charge is 0.138 e. The summed E-state index contributed by atoms with van der Waals surface area (Å²) in [5.74, 6) is 2.03. The van der Waals surface area contributed by atoms with Crippen LogP contribution in [0.2, 0.25) is 0 Å². The lowest BCUT2D eigenvalue weighted by atomic mass is 10.1. The Morgan fingerprint density at radius 1 is 1.29 bits per heavy atom. The average molecular weight is 338 g/mol. The van der Waals surface area contributed by atoms with E-state index in [0.717, 1.165) is 31.2 Å². The number of likely N-dealkylation sites (tertiary alicyclic amines) is 1. The second-order valence-electron chi connectivity index (χ2n) is 6.25. The molecule has 0 bridgehead atoms. The highest BCUT2D eigenvalue weighted by Gasteiger charge is 2.27. The van der Waals surface area contributed by atoms with Crippen molar-refractivity contribution < 1.29 is 0 Å². The molecule has 0 radical (unpaired) electrons. The zero-order valence-electron chi connectivity index (χ0n) is 13.9. The lowest BCUT2D eigenvalue weighted by Crippen LogP contribution is -2.23. The predicted molar refractivity (Wildman–Crippen MR) is 97.4 cm³/mol. The maximum Gasteiger partial charge on any atom is 0.138 e. The standard InChI is InChI=1S/C19H22N4S/c1-2-18-20-9-11-23(18)19-7-3-5-16(21-19)17-6-4-10-22(17)13-15-8-12-24-14-15/h3,5,7-9,11-12,14,17H,2,4,6,10,13H2,1H3/t17-/m0/s1. The van der Waals surface area contributed by atoms with Crippen molar-refractivity contribution in [3.8, 4) is 5.82 Å². The number of thiophene rings is 1. The normalized spacial score (nSPS) is 18.3. The van der Waals surface area contributed by atoms with Crippen molar-refractivity contribution in [2.24, 2.45) is 0 Å². The van der Waals surface area contributed by atoms with Crippen molar-refractivity contribution in [3.05, 3.63) is 64.5 Å². The minimum absolute atomic E-state index is 0.415. The topological polar surface area (TPSA) is 34.0 Å². The predicted octanol–water partition coefficient (Wildman–Crippen LogP) is 4.23. The van der Waals surface area contributed by atoms with E-state index in [1.165, 1.54) is 24.1 Å². The van der Waals surface area contributed by atoms with Gasteiger partial charge in [0.25, 0.3) is 0 Å². The molecule has 0 aromatic carbocycles. The molecule has 1 aliphatic heterocycles. The summed E-state index contributed by atoms with van der Waals surface area (Å²) in [5, 5.41) is 4.41. The number of hydrogen-bond donors (Lipinski definition) is 0. The molecule has 0 saturated carbocycles. The fourth-order valence-electron chi connectivity index (χ4n) is 3.53. The highest BCUT2D eigenvalue weighted by Crippen LogP contribution is 2.32. The number of nitrogens with zero attached hydrogens (tertiary/aromatic N) is 4. The van der Waals surface area contributed by atoms with Gasteiger partial charge in [0.1, 0.15) is 11.6 Å². The lowest BCUT2D eigenvalue weighted by molar-refractivity contribution is 0.244. The van der Waals surface area contributed by atoms with Crippen LogP contribution in [0, 0.1) is 0 Å². The van der Waals surface area contributed by atoms with E-state index in [4.69, 9.17) is 4.98 Å². The number of aromatic nitrogens is 3. The first-order valence-electron chi connectivity index (χ1n) is 8.60. The molecule has 3 aromatic rings. The Morgan fingerprint density at radius 2 is 2.25 bits per heavy atom. The molecule has 4 nitrogen and oxygen atoms in total. The van der Waals surface area contributed by atoms with E-state index in [1.807, 2.05) is 12.4 Å². The van der Waals surface area contributed by atoms with Gasteiger partial charge in [-0.1, -0.05) is 13.0 Å². The van der Waals surface area contributed by atoms with Gasteiger partial charge in [0.2, 0.25) is 0 Å². The minimum atomic E-state index is 0.415. The highest BCUT2D eigenvalue weighted by molar-refractivity contribution is 7.07. The number of hydrogen-bond acceptors (Lipinski definition) is 4. The van der Waals surface area contributed by atoms with Crippen LogP contribution in [0.4, 0.5) is 0 Å². The highest BCUT2D eigenvalue weighted by atomic mass is 32.1. The maximum atomic E-state index is 4.97. The Morgan fingerprint density at radius 3 is 3.08 bits per heavy atom. The third-order valence-electron chi connectivity index (χ3n) is 4.71. The van der Waals surface area contributed by atoms with Crippen molar-refractivity contribution in [1.82, 2.24) is 19.4 Å². The molecule has 124 valence electrons. The van der Waals surface area contributed by atoms with Crippen LogP contribution in [-0.4, -0.2) is 26.0 Å². The van der Waals surface area contributed by atoms with Crippen LogP contribution in [0.1, 0.15) is 42.9 Å². The van der Waals surface area contributed by atoms with Gasteiger partial charge in [0.15, 0.2) is 0 Å². The number of pyridine rings is 1. The molecule has 24 heavy (non-hydrogen) atoms. The SMILES string of the molecule is CCc1nccn1-c1cccc([C@@H]2CCCN2Cc2ccsc2)n1. The zero-order chi connectivity index (χ0) is 16.4. The summed E-state index contributed by atoms with van der Waals surface area (Å²) >= 11 is 1.77. The summed E-state index contributed by atoms with van der Waals surface area (Å²) in [6.45, 7) is 4.30. The van der Waals surface area contributed by atoms with Gasteiger partial charge < -0.3 is 0 Å². The Labute approximate surface area is 146 Å². The first-order chi connectivity index (χ1) is 11.8. The van der Waals surface area contributed by atoms with Gasteiger partial charge in [-0.15, -0.1) is 0 Å². The fourth-order valence-corrected chi connectivity index (χ4v) is 4.19. The molecule has 1 fully saturated rings. The van der Waals surface area contributed by atoms with Crippen LogP contribution in [0.25, 0.3) is 5.82 Å². The molecule has 0 aliphatic carbocycles. The second kappa shape index (κ2) is 6.87. The molecule has 1 aliphatic rings. The summed E-state index contributed by atoms with van der Waals surface area (Å²) in [4.78, 5) is 11.9. The van der Waals surface area contributed by atoms with Crippen LogP contribution < -0.4 is 0 Å². The molecule has 4 rings (SSSR count). The quantitative estimate of drug-likeness (QED) is 0.698. The molecule has 1 atom stereocenters. The summed E-state index contributed by atoms with van der Waals surface area (Å²) in [6, 6.07) is 9.00. The molecule has 3 aromatic heterocycles. The van der Waals surface area contributed by atoms with Gasteiger partial charge in [-0.3, -0.25) is 9.47 Å². The Bertz CT molecular complexity index is 793. The van der Waals surface area contributed by atoms with Crippen LogP contribution in [-0.2, 0) is 13.0 Å². The first kappa shape index (κ1) is 15.5. The number of rotatable bonds is 5. The van der Waals surface area contributed by atoms with E-state index < -0.39 is 0 Å². The monoisotopic (exact) mass is 338 g/mol. The van der Waals surface area contributed by atoms with E-state index in [9.17, 15) is 0 Å². The minimum Gasteiger partial charge on any atom is -0.290 e. The Balaban J connectivity index is 1.60. The molecule has 0 N–H and O–H groups in total. The Kier molecular flexibility index (Phi) is 4.45. The van der Waals surface area contributed by atoms with Crippen LogP contribution in [0.5, 0.6) is 0 Å². The molecule has 0 spiro atoms. The first-order valence-corrected chi connectivity index (χ1v) is 9.54. The molecule has 0 unspecified atom stereocenters. The van der Waals surface area contributed by atoms with Crippen molar-refractivity contribution in [2.75, 3.05) is 6.54 Å². The molecular formula is C19H22N4S. The van der Waals surface area contributed by atoms with E-state index in [2.05, 4.69) is 56.4 Å². The van der Waals surface area contributed by atoms with Gasteiger partial charge in [-0.25, -0.2) is 9.97 Å². The van der Waals surface area contributed by atoms with Crippen molar-refractivity contribution >= 4 is 11.3 Å². The van der Waals surface area contributed by atoms with Gasteiger partial charge in [-0.05, 0) is 53.9 Å². The van der Waals surface area contributed by atoms with Crippen molar-refractivity contribution in [2.45, 2.75) is 38.8 Å². The van der Waals surface area contributed by atoms with E-state index in [1.54, 1.807) is 11.3 Å². The average Bonchev–Trinajstić information content (AvgIpc) is 3.37. The third-order valence-corrected chi connectivity index (χ3v) is 5.44. The molecule has 1 saturated heterocycles. The summed E-state index contributed by atoms with van der Waals surface area (Å²) in [7, 11) is 0. The lowest BCUT2D eigenvalue weighted by Gasteiger charge is -2.24. The fraction of sp³-hybridized carbons (Fsp3) is 0.368. The van der Waals surface area contributed by atoms with E-state index in [0.29, 0.717) is 6.04 Å². The largest absolute Gasteiger partial charge is 0.290 e. The number of imidazole rings is 1. The second-order valence-corrected chi connectivity index (χ2v) is 7.03. The van der Waals surface area contributed by atoms with E-state index in [-0.39, 0.29) is 0 Å². The van der Waals surface area contributed by atoms with Crippen molar-refractivity contribution in [1.29, 1.82) is 0 Å². The van der Waals surface area contributed by atoms with Gasteiger partial charge in [0, 0.05) is 25.4 Å². The summed E-state index contributed by atoms with van der Waals surface area (Å²) < 4.78 is 2.10. The van der Waals surface area contributed by atoms with E-state index >= 15 is 0 Å². The number of aryl methyl sites for hydroxylation is 1. The maximum absolute atomic E-state index is 4.97. The van der Waals surface area contributed by atoms with Crippen molar-refractivity contribution in [3.63, 3.8) is 0 Å². The van der Waals surface area contributed by atoms with Gasteiger partial charge in [-0.2, -0.15) is 11.3 Å². The van der Waals surface area contributed by atoms with Gasteiger partial charge in [0.05, 0.1) is 11.7 Å². The zero-order valence-corrected chi connectivity index (χ0v) is 14.7. The van der Waals surface area contributed by atoms with Gasteiger partial charge >= 0.3 is 0 Å². The van der Waals surface area contributed by atoms with Crippen LogP contribution in [0.15, 0.2) is 47.4 Å². The van der Waals surface area contributed by atoms with Crippen LogP contribution >= 0.6 is 11.3 Å². The molecule has 0 amide bonds. The van der Waals surface area contributed by atoms with Crippen LogP contribution in [0.3, 0.4) is 0 Å². The molecular weight excluding hydrogens is 316 g/mol. The third kappa shape index (κ3) is 3.01. The Hall–Kier alpha value is -1.98.